The van der Waals surface area contributed by atoms with Gasteiger partial charge in [0.05, 0.1) is 32.2 Å². The highest BCUT2D eigenvalue weighted by Gasteiger charge is 2.31. The van der Waals surface area contributed by atoms with Gasteiger partial charge in [-0.2, -0.15) is 0 Å². The van der Waals surface area contributed by atoms with Gasteiger partial charge in [0.25, 0.3) is 0 Å². The first-order valence-corrected chi connectivity index (χ1v) is 8.62. The minimum absolute atomic E-state index is 0.238. The number of carbonyl (C=O) groups excluding carboxylic acids is 2. The largest absolute Gasteiger partial charge is 0.495 e. The molecule has 0 aliphatic carbocycles. The lowest BCUT2D eigenvalue weighted by molar-refractivity contribution is -0.138. The molecular weight excluding hydrogens is 336 g/mol. The van der Waals surface area contributed by atoms with Gasteiger partial charge in [-0.05, 0) is 46.2 Å². The minimum Gasteiger partial charge on any atom is -0.495 e. The molecule has 1 aliphatic heterocycles. The third-order valence-corrected chi connectivity index (χ3v) is 3.80. The lowest BCUT2D eigenvalue weighted by Crippen LogP contribution is -2.41. The Morgan fingerprint density at radius 1 is 1.27 bits per heavy atom. The van der Waals surface area contributed by atoms with E-state index in [0.29, 0.717) is 42.2 Å². The van der Waals surface area contributed by atoms with Crippen LogP contribution in [0.4, 0.5) is 4.79 Å². The van der Waals surface area contributed by atoms with Gasteiger partial charge in [0, 0.05) is 17.7 Å². The number of pyridine rings is 1. The highest BCUT2D eigenvalue weighted by Crippen LogP contribution is 2.28. The van der Waals surface area contributed by atoms with Crippen molar-refractivity contribution < 1.29 is 23.8 Å². The second-order valence-corrected chi connectivity index (χ2v) is 6.91. The summed E-state index contributed by atoms with van der Waals surface area (Å²) >= 11 is 0. The minimum atomic E-state index is -0.583. The summed E-state index contributed by atoms with van der Waals surface area (Å²) in [5, 5.41) is 0. The van der Waals surface area contributed by atoms with Crippen molar-refractivity contribution in [1.82, 2.24) is 9.88 Å². The van der Waals surface area contributed by atoms with Crippen LogP contribution in [-0.4, -0.2) is 54.4 Å². The Morgan fingerprint density at radius 2 is 2.00 bits per heavy atom. The van der Waals surface area contributed by atoms with Gasteiger partial charge in [-0.1, -0.05) is 0 Å². The van der Waals surface area contributed by atoms with E-state index in [2.05, 4.69) is 4.98 Å². The third kappa shape index (κ3) is 4.97. The molecule has 142 valence electrons. The van der Waals surface area contributed by atoms with Crippen LogP contribution in [-0.2, 0) is 14.3 Å². The van der Waals surface area contributed by atoms with Crippen LogP contribution in [0.5, 0.6) is 5.75 Å². The number of hydrogen-bond acceptors (Lipinski definition) is 6. The summed E-state index contributed by atoms with van der Waals surface area (Å²) in [7, 11) is 1.56. The third-order valence-electron chi connectivity index (χ3n) is 3.80. The molecule has 0 atom stereocenters. The molecule has 1 aliphatic rings. The van der Waals surface area contributed by atoms with Crippen LogP contribution in [0.2, 0.25) is 0 Å². The number of aromatic nitrogens is 1. The van der Waals surface area contributed by atoms with Crippen LogP contribution in [0.15, 0.2) is 23.9 Å². The summed E-state index contributed by atoms with van der Waals surface area (Å²) in [4.78, 5) is 30.7. The van der Waals surface area contributed by atoms with Crippen LogP contribution in [0, 0.1) is 0 Å². The van der Waals surface area contributed by atoms with E-state index >= 15 is 0 Å². The number of amides is 1. The van der Waals surface area contributed by atoms with E-state index in [9.17, 15) is 9.59 Å². The number of ether oxygens (including phenoxy) is 3. The van der Waals surface area contributed by atoms with Crippen molar-refractivity contribution in [2.75, 3.05) is 26.8 Å². The van der Waals surface area contributed by atoms with Crippen LogP contribution < -0.4 is 4.74 Å². The predicted octanol–water partition coefficient (Wildman–Crippen LogP) is 3.05. The lowest BCUT2D eigenvalue weighted by Gasteiger charge is -2.32. The van der Waals surface area contributed by atoms with Gasteiger partial charge >= 0.3 is 12.1 Å². The van der Waals surface area contributed by atoms with Crippen molar-refractivity contribution in [3.63, 3.8) is 0 Å². The summed E-state index contributed by atoms with van der Waals surface area (Å²) in [6, 6.07) is 3.54. The zero-order valence-corrected chi connectivity index (χ0v) is 16.0. The molecule has 26 heavy (non-hydrogen) atoms. The Labute approximate surface area is 153 Å². The van der Waals surface area contributed by atoms with Crippen LogP contribution in [0.1, 0.15) is 39.8 Å². The summed E-state index contributed by atoms with van der Waals surface area (Å²) < 4.78 is 15.7. The number of rotatable bonds is 4. The molecule has 0 bridgehead atoms. The molecule has 0 fully saturated rings. The first-order valence-electron chi connectivity index (χ1n) is 8.62. The second-order valence-electron chi connectivity index (χ2n) is 6.91. The van der Waals surface area contributed by atoms with Crippen molar-refractivity contribution >= 4 is 17.6 Å². The topological polar surface area (TPSA) is 78.0 Å². The fourth-order valence-electron chi connectivity index (χ4n) is 2.60. The molecule has 0 saturated heterocycles. The Morgan fingerprint density at radius 3 is 2.54 bits per heavy atom. The highest BCUT2D eigenvalue weighted by molar-refractivity contribution is 5.98. The Hall–Kier alpha value is -2.57. The Bertz CT molecular complexity index is 689. The summed E-state index contributed by atoms with van der Waals surface area (Å²) in [6.07, 6.45) is 1.56. The second kappa shape index (κ2) is 8.21. The average Bonchev–Trinajstić information content (AvgIpc) is 2.60. The zero-order valence-electron chi connectivity index (χ0n) is 16.0. The van der Waals surface area contributed by atoms with Crippen molar-refractivity contribution in [3.05, 3.63) is 29.6 Å². The van der Waals surface area contributed by atoms with Gasteiger partial charge in [-0.15, -0.1) is 0 Å². The van der Waals surface area contributed by atoms with Crippen LogP contribution in [0.25, 0.3) is 5.57 Å². The number of carbonyl (C=O) groups is 2. The molecule has 0 N–H and O–H groups in total. The SMILES string of the molecule is CCOC(=O)C1=C(c2ccc(OC)cn2)CN(C(=O)OC(C)(C)C)CC1. The van der Waals surface area contributed by atoms with Gasteiger partial charge in [-0.25, -0.2) is 9.59 Å². The molecular formula is C19H26N2O5. The molecule has 2 heterocycles. The molecule has 1 aromatic heterocycles. The normalized spacial score (nSPS) is 14.9. The Balaban J connectivity index is 2.33. The monoisotopic (exact) mass is 362 g/mol. The Kier molecular flexibility index (Phi) is 6.23. The smallest absolute Gasteiger partial charge is 0.410 e. The fourth-order valence-corrected chi connectivity index (χ4v) is 2.60. The number of methoxy groups -OCH3 is 1. The molecule has 1 amide bonds. The van der Waals surface area contributed by atoms with Gasteiger partial charge < -0.3 is 19.1 Å². The van der Waals surface area contributed by atoms with Crippen molar-refractivity contribution in [1.29, 1.82) is 0 Å². The molecule has 1 aromatic rings. The van der Waals surface area contributed by atoms with Crippen LogP contribution in [0.3, 0.4) is 0 Å². The highest BCUT2D eigenvalue weighted by atomic mass is 16.6. The number of hydrogen-bond donors (Lipinski definition) is 0. The van der Waals surface area contributed by atoms with Gasteiger partial charge in [0.15, 0.2) is 0 Å². The van der Waals surface area contributed by atoms with E-state index in [1.165, 1.54) is 0 Å². The molecule has 7 heteroatoms. The standard InChI is InChI=1S/C19H26N2O5/c1-6-25-17(22)14-9-10-21(18(23)26-19(2,3)4)12-15(14)16-8-7-13(24-5)11-20-16/h7-8,11H,6,9-10,12H2,1-5H3. The van der Waals surface area contributed by atoms with E-state index < -0.39 is 11.7 Å². The molecule has 0 saturated carbocycles. The van der Waals surface area contributed by atoms with E-state index in [1.807, 2.05) is 20.8 Å². The first kappa shape index (κ1) is 19.8. The van der Waals surface area contributed by atoms with E-state index in [0.717, 1.165) is 0 Å². The van der Waals surface area contributed by atoms with Gasteiger partial charge in [0.1, 0.15) is 11.4 Å². The number of nitrogens with zero attached hydrogens (tertiary/aromatic N) is 2. The van der Waals surface area contributed by atoms with Crippen molar-refractivity contribution in [2.45, 2.75) is 39.7 Å². The average molecular weight is 362 g/mol. The van der Waals surface area contributed by atoms with E-state index in [1.54, 1.807) is 37.3 Å². The van der Waals surface area contributed by atoms with Crippen molar-refractivity contribution in [3.8, 4) is 5.75 Å². The molecule has 0 radical (unpaired) electrons. The summed E-state index contributed by atoms with van der Waals surface area (Å²) in [5.41, 5.74) is 1.25. The molecule has 0 aromatic carbocycles. The summed E-state index contributed by atoms with van der Waals surface area (Å²) in [5.74, 6) is 0.246. The first-order chi connectivity index (χ1) is 12.2. The predicted molar refractivity (Wildman–Crippen MR) is 96.8 cm³/mol. The number of esters is 1. The van der Waals surface area contributed by atoms with E-state index in [-0.39, 0.29) is 12.5 Å². The maximum atomic E-state index is 12.4. The zero-order chi connectivity index (χ0) is 19.3. The van der Waals surface area contributed by atoms with Gasteiger partial charge in [-0.3, -0.25) is 4.98 Å². The van der Waals surface area contributed by atoms with Crippen LogP contribution >= 0.6 is 0 Å². The molecule has 7 nitrogen and oxygen atoms in total. The lowest BCUT2D eigenvalue weighted by atomic mass is 9.97. The van der Waals surface area contributed by atoms with Crippen molar-refractivity contribution in [2.24, 2.45) is 0 Å². The quantitative estimate of drug-likeness (QED) is 0.766. The maximum absolute atomic E-state index is 12.4. The molecule has 2 rings (SSSR count). The van der Waals surface area contributed by atoms with Gasteiger partial charge in [0.2, 0.25) is 0 Å². The fraction of sp³-hybridized carbons (Fsp3) is 0.526. The van der Waals surface area contributed by atoms with E-state index in [4.69, 9.17) is 14.2 Å². The molecule has 0 unspecified atom stereocenters. The molecule has 0 spiro atoms. The summed E-state index contributed by atoms with van der Waals surface area (Å²) in [6.45, 7) is 8.15. The maximum Gasteiger partial charge on any atom is 0.410 e.